The van der Waals surface area contributed by atoms with Crippen molar-refractivity contribution in [3.05, 3.63) is 100 Å². The lowest BCUT2D eigenvalue weighted by molar-refractivity contribution is 0.0474. The maximum Gasteiger partial charge on any atom is 0.338 e. The number of fused-ring (bicyclic) bond motifs is 1. The van der Waals surface area contributed by atoms with Crippen LogP contribution in [-0.4, -0.2) is 10.5 Å². The van der Waals surface area contributed by atoms with Gasteiger partial charge in [0.05, 0.1) is 5.56 Å². The van der Waals surface area contributed by atoms with Crippen LogP contribution < -0.4 is 5.63 Å². The molecule has 0 unspecified atom stereocenters. The largest absolute Gasteiger partial charge is 0.457 e. The van der Waals surface area contributed by atoms with Gasteiger partial charge in [-0.05, 0) is 48.9 Å². The van der Waals surface area contributed by atoms with E-state index in [1.54, 1.807) is 24.3 Å². The Kier molecular flexibility index (Phi) is 4.34. The summed E-state index contributed by atoms with van der Waals surface area (Å²) < 4.78 is 12.6. The zero-order valence-corrected chi connectivity index (χ0v) is 14.7. The Hall–Kier alpha value is -3.60. The van der Waals surface area contributed by atoms with Gasteiger partial charge in [0.25, 0.3) is 0 Å². The van der Waals surface area contributed by atoms with Crippen molar-refractivity contribution >= 4 is 16.9 Å². The Morgan fingerprint density at radius 2 is 1.85 bits per heavy atom. The quantitative estimate of drug-likeness (QED) is 0.404. The molecule has 2 aromatic carbocycles. The maximum atomic E-state index is 12.5. The summed E-state index contributed by atoms with van der Waals surface area (Å²) in [6, 6.07) is 18.0. The highest BCUT2D eigenvalue weighted by Gasteiger charge is 2.12. The molecule has 0 aliphatic rings. The average molecular weight is 359 g/mol. The van der Waals surface area contributed by atoms with Gasteiger partial charge in [-0.15, -0.1) is 0 Å². The van der Waals surface area contributed by atoms with Gasteiger partial charge in [0.15, 0.2) is 0 Å². The van der Waals surface area contributed by atoms with Crippen molar-refractivity contribution in [3.8, 4) is 5.69 Å². The lowest BCUT2D eigenvalue weighted by Crippen LogP contribution is -2.08. The number of aryl methyl sites for hydroxylation is 1. The molecule has 0 aliphatic heterocycles. The second-order valence-corrected chi connectivity index (χ2v) is 6.31. The van der Waals surface area contributed by atoms with Crippen LogP contribution in [0.4, 0.5) is 0 Å². The number of hydrogen-bond donors (Lipinski definition) is 0. The summed E-state index contributed by atoms with van der Waals surface area (Å²) in [6.45, 7) is 1.92. The molecule has 0 atom stereocenters. The molecule has 5 heteroatoms. The standard InChI is InChI=1S/C22H17NO4/c1-15-7-8-19-17(13-21(24)27-20(19)11-15)14-26-22(25)16-5-4-6-18(12-16)23-9-2-3-10-23/h2-13H,14H2,1H3. The molecule has 0 fully saturated rings. The second kappa shape index (κ2) is 6.96. The van der Waals surface area contributed by atoms with E-state index < -0.39 is 11.6 Å². The van der Waals surface area contributed by atoms with Crippen LogP contribution in [0.15, 0.2) is 82.3 Å². The lowest BCUT2D eigenvalue weighted by atomic mass is 10.1. The van der Waals surface area contributed by atoms with Crippen molar-refractivity contribution in [1.29, 1.82) is 0 Å². The third-order valence-corrected chi connectivity index (χ3v) is 4.33. The predicted octanol–water partition coefficient (Wildman–Crippen LogP) is 4.25. The summed E-state index contributed by atoms with van der Waals surface area (Å²) in [4.78, 5) is 24.3. The summed E-state index contributed by atoms with van der Waals surface area (Å²) in [5.74, 6) is -0.447. The van der Waals surface area contributed by atoms with Crippen molar-refractivity contribution in [2.45, 2.75) is 13.5 Å². The topological polar surface area (TPSA) is 61.4 Å². The molecule has 0 radical (unpaired) electrons. The number of carbonyl (C=O) groups is 1. The van der Waals surface area contributed by atoms with Crippen LogP contribution in [0.25, 0.3) is 16.7 Å². The summed E-state index contributed by atoms with van der Waals surface area (Å²) in [6.07, 6.45) is 3.81. The Bertz CT molecular complexity index is 1170. The average Bonchev–Trinajstić information content (AvgIpc) is 3.20. The molecule has 4 aromatic rings. The van der Waals surface area contributed by atoms with Crippen LogP contribution in [0.3, 0.4) is 0 Å². The van der Waals surface area contributed by atoms with Gasteiger partial charge in [-0.1, -0.05) is 18.2 Å². The normalized spacial score (nSPS) is 10.9. The van der Waals surface area contributed by atoms with E-state index in [0.29, 0.717) is 16.7 Å². The van der Waals surface area contributed by atoms with Gasteiger partial charge in [-0.2, -0.15) is 0 Å². The van der Waals surface area contributed by atoms with Crippen LogP contribution in [0.1, 0.15) is 21.5 Å². The van der Waals surface area contributed by atoms with E-state index in [-0.39, 0.29) is 6.61 Å². The molecule has 0 bridgehead atoms. The van der Waals surface area contributed by atoms with E-state index in [2.05, 4.69) is 0 Å². The van der Waals surface area contributed by atoms with Crippen molar-refractivity contribution in [2.75, 3.05) is 0 Å². The third-order valence-electron chi connectivity index (χ3n) is 4.33. The first-order chi connectivity index (χ1) is 13.1. The first-order valence-electron chi connectivity index (χ1n) is 8.54. The third kappa shape index (κ3) is 3.53. The number of benzene rings is 2. The second-order valence-electron chi connectivity index (χ2n) is 6.31. The summed E-state index contributed by atoms with van der Waals surface area (Å²) in [7, 11) is 0. The Morgan fingerprint density at radius 3 is 2.67 bits per heavy atom. The fourth-order valence-corrected chi connectivity index (χ4v) is 2.98. The molecule has 2 heterocycles. The van der Waals surface area contributed by atoms with Gasteiger partial charge < -0.3 is 13.7 Å². The van der Waals surface area contributed by atoms with Gasteiger partial charge in [-0.25, -0.2) is 9.59 Å². The highest BCUT2D eigenvalue weighted by atomic mass is 16.5. The number of aromatic nitrogens is 1. The van der Waals surface area contributed by atoms with Crippen LogP contribution in [-0.2, 0) is 11.3 Å². The fourth-order valence-electron chi connectivity index (χ4n) is 2.98. The van der Waals surface area contributed by atoms with E-state index in [1.807, 2.05) is 54.2 Å². The molecule has 0 N–H and O–H groups in total. The molecule has 134 valence electrons. The fraction of sp³-hybridized carbons (Fsp3) is 0.0909. The molecular weight excluding hydrogens is 342 g/mol. The van der Waals surface area contributed by atoms with Crippen molar-refractivity contribution in [2.24, 2.45) is 0 Å². The SMILES string of the molecule is Cc1ccc2c(COC(=O)c3cccc(-n4cccc4)c3)cc(=O)oc2c1. The molecule has 0 aliphatic carbocycles. The highest BCUT2D eigenvalue weighted by Crippen LogP contribution is 2.20. The van der Waals surface area contributed by atoms with Crippen LogP contribution in [0.2, 0.25) is 0 Å². The zero-order chi connectivity index (χ0) is 18.8. The van der Waals surface area contributed by atoms with E-state index in [0.717, 1.165) is 16.6 Å². The number of nitrogens with zero attached hydrogens (tertiary/aromatic N) is 1. The van der Waals surface area contributed by atoms with Crippen LogP contribution in [0.5, 0.6) is 0 Å². The first kappa shape index (κ1) is 16.8. The minimum absolute atomic E-state index is 0.00224. The number of esters is 1. The molecule has 0 saturated carbocycles. The number of ether oxygens (including phenoxy) is 1. The van der Waals surface area contributed by atoms with Crippen molar-refractivity contribution in [1.82, 2.24) is 4.57 Å². The Morgan fingerprint density at radius 1 is 1.04 bits per heavy atom. The number of hydrogen-bond acceptors (Lipinski definition) is 4. The molecule has 0 saturated heterocycles. The Labute approximate surface area is 155 Å². The predicted molar refractivity (Wildman–Crippen MR) is 102 cm³/mol. The van der Waals surface area contributed by atoms with E-state index in [9.17, 15) is 9.59 Å². The summed E-state index contributed by atoms with van der Waals surface area (Å²) >= 11 is 0. The number of rotatable bonds is 4. The van der Waals surface area contributed by atoms with Gasteiger partial charge in [-0.3, -0.25) is 0 Å². The minimum Gasteiger partial charge on any atom is -0.457 e. The molecule has 2 aromatic heterocycles. The monoisotopic (exact) mass is 359 g/mol. The van der Waals surface area contributed by atoms with Crippen LogP contribution >= 0.6 is 0 Å². The van der Waals surface area contributed by atoms with Crippen molar-refractivity contribution < 1.29 is 13.9 Å². The molecular formula is C22H17NO4. The van der Waals surface area contributed by atoms with Crippen LogP contribution in [0, 0.1) is 6.92 Å². The highest BCUT2D eigenvalue weighted by molar-refractivity contribution is 5.90. The molecule has 5 nitrogen and oxygen atoms in total. The minimum atomic E-state index is -0.464. The lowest BCUT2D eigenvalue weighted by Gasteiger charge is -2.09. The van der Waals surface area contributed by atoms with E-state index in [1.165, 1.54) is 6.07 Å². The maximum absolute atomic E-state index is 12.5. The van der Waals surface area contributed by atoms with E-state index in [4.69, 9.17) is 9.15 Å². The molecule has 0 amide bonds. The van der Waals surface area contributed by atoms with E-state index >= 15 is 0 Å². The summed E-state index contributed by atoms with van der Waals surface area (Å²) in [5, 5.41) is 0.758. The van der Waals surface area contributed by atoms with Gasteiger partial charge >= 0.3 is 11.6 Å². The smallest absolute Gasteiger partial charge is 0.338 e. The zero-order valence-electron chi connectivity index (χ0n) is 14.7. The molecule has 27 heavy (non-hydrogen) atoms. The number of carbonyl (C=O) groups excluding carboxylic acids is 1. The molecule has 4 rings (SSSR count). The Balaban J connectivity index is 1.57. The van der Waals surface area contributed by atoms with Gasteiger partial charge in [0, 0.05) is 35.1 Å². The van der Waals surface area contributed by atoms with Gasteiger partial charge in [0.1, 0.15) is 12.2 Å². The molecule has 0 spiro atoms. The first-order valence-corrected chi connectivity index (χ1v) is 8.54. The van der Waals surface area contributed by atoms with Crippen molar-refractivity contribution in [3.63, 3.8) is 0 Å². The summed E-state index contributed by atoms with van der Waals surface area (Å²) in [5.41, 5.74) is 2.95. The van der Waals surface area contributed by atoms with Gasteiger partial charge in [0.2, 0.25) is 0 Å².